The Hall–Kier alpha value is -2.01. The number of benzene rings is 1. The van der Waals surface area contributed by atoms with E-state index >= 15 is 0 Å². The molecule has 2 aromatic heterocycles. The van der Waals surface area contributed by atoms with Gasteiger partial charge in [-0.2, -0.15) is 0 Å². The number of rotatable bonds is 8. The van der Waals surface area contributed by atoms with Crippen molar-refractivity contribution in [3.05, 3.63) is 61.5 Å². The summed E-state index contributed by atoms with van der Waals surface area (Å²) >= 11 is 8.90. The van der Waals surface area contributed by atoms with Gasteiger partial charge in [0.25, 0.3) is 5.91 Å². The summed E-state index contributed by atoms with van der Waals surface area (Å²) in [5.41, 5.74) is 2.16. The summed E-state index contributed by atoms with van der Waals surface area (Å²) in [6.45, 7) is 4.90. The van der Waals surface area contributed by atoms with Gasteiger partial charge < -0.3 is 4.90 Å². The second kappa shape index (κ2) is 9.42. The largest absolute Gasteiger partial charge is 0.342 e. The maximum Gasteiger partial charge on any atom is 0.284 e. The summed E-state index contributed by atoms with van der Waals surface area (Å²) in [7, 11) is -3.66. The lowest BCUT2D eigenvalue weighted by molar-refractivity contribution is 0.0977. The molecule has 30 heavy (non-hydrogen) atoms. The maximum absolute atomic E-state index is 12.3. The third-order valence-corrected chi connectivity index (χ3v) is 6.81. The summed E-state index contributed by atoms with van der Waals surface area (Å²) in [5, 5.41) is 4.31. The zero-order chi connectivity index (χ0) is 21.9. The van der Waals surface area contributed by atoms with Crippen LogP contribution in [0.4, 0.5) is 5.13 Å². The molecule has 0 aliphatic carbocycles. The molecule has 0 atom stereocenters. The van der Waals surface area contributed by atoms with Crippen LogP contribution in [-0.4, -0.2) is 37.1 Å². The fourth-order valence-corrected chi connectivity index (χ4v) is 4.87. The number of anilines is 1. The summed E-state index contributed by atoms with van der Waals surface area (Å²) in [6.07, 6.45) is 1.69. The molecule has 0 fully saturated rings. The van der Waals surface area contributed by atoms with Crippen LogP contribution in [0.15, 0.2) is 29.6 Å². The minimum Gasteiger partial charge on any atom is -0.342 e. The highest BCUT2D eigenvalue weighted by molar-refractivity contribution is 7.89. The normalized spacial score (nSPS) is 11.5. The van der Waals surface area contributed by atoms with E-state index in [1.807, 2.05) is 41.3 Å². The van der Waals surface area contributed by atoms with Gasteiger partial charge in [-0.05, 0) is 38.0 Å². The highest BCUT2D eigenvalue weighted by atomic mass is 35.5. The Morgan fingerprint density at radius 2 is 1.90 bits per heavy atom. The molecule has 0 saturated carbocycles. The molecule has 7 nitrogen and oxygen atoms in total. The fourth-order valence-electron chi connectivity index (χ4n) is 2.78. The molecule has 0 bridgehead atoms. The fraction of sp³-hybridized carbons (Fsp3) is 0.316. The number of carbonyl (C=O) groups excluding carboxylic acids is 1. The van der Waals surface area contributed by atoms with Crippen molar-refractivity contribution in [1.82, 2.24) is 14.7 Å². The van der Waals surface area contributed by atoms with Crippen molar-refractivity contribution >= 4 is 55.3 Å². The van der Waals surface area contributed by atoms with Crippen molar-refractivity contribution in [3.63, 3.8) is 0 Å². The molecular weight excluding hydrogens is 464 g/mol. The van der Waals surface area contributed by atoms with Gasteiger partial charge in [0.1, 0.15) is 5.69 Å². The highest BCUT2D eigenvalue weighted by Crippen LogP contribution is 2.28. The molecule has 0 unspecified atom stereocenters. The van der Waals surface area contributed by atoms with E-state index in [9.17, 15) is 13.2 Å². The van der Waals surface area contributed by atoms with E-state index in [2.05, 4.69) is 14.9 Å². The summed E-state index contributed by atoms with van der Waals surface area (Å²) in [4.78, 5) is 24.0. The number of hydrogen-bond acceptors (Lipinski definition) is 8. The van der Waals surface area contributed by atoms with E-state index in [0.29, 0.717) is 28.1 Å². The molecule has 1 amide bonds. The maximum atomic E-state index is 12.3. The molecular formula is C19H21ClN4O3S3. The van der Waals surface area contributed by atoms with Crippen LogP contribution >= 0.6 is 34.3 Å². The van der Waals surface area contributed by atoms with E-state index in [-0.39, 0.29) is 5.69 Å². The molecule has 11 heteroatoms. The number of thiazole rings is 2. The van der Waals surface area contributed by atoms with E-state index in [1.165, 1.54) is 11.3 Å². The monoisotopic (exact) mass is 484 g/mol. The standard InChI is InChI=1S/C19H21ClN4O3S3/c1-12-17(18(25)23-30(3,26)27)22-19(29-12)24(10-16-11-28-13(2)21-16)9-8-14-4-6-15(20)7-5-14/h4-7,11H,8-10H2,1-3H3,(H,23,25). The van der Waals surface area contributed by atoms with Crippen LogP contribution in [0.1, 0.15) is 31.6 Å². The Kier molecular flexibility index (Phi) is 7.12. The minimum absolute atomic E-state index is 0.117. The lowest BCUT2D eigenvalue weighted by Crippen LogP contribution is -2.30. The zero-order valence-corrected chi connectivity index (χ0v) is 19.9. The number of aryl methyl sites for hydroxylation is 2. The summed E-state index contributed by atoms with van der Waals surface area (Å²) in [6, 6.07) is 7.66. The SMILES string of the molecule is Cc1nc(CN(CCc2ccc(Cl)cc2)c2nc(C(=O)NS(C)(=O)=O)c(C)s2)cs1. The van der Waals surface area contributed by atoms with Crippen LogP contribution in [0, 0.1) is 13.8 Å². The second-order valence-electron chi connectivity index (χ2n) is 6.76. The van der Waals surface area contributed by atoms with Crippen molar-refractivity contribution < 1.29 is 13.2 Å². The predicted molar refractivity (Wildman–Crippen MR) is 122 cm³/mol. The zero-order valence-electron chi connectivity index (χ0n) is 16.7. The molecule has 1 N–H and O–H groups in total. The van der Waals surface area contributed by atoms with Crippen molar-refractivity contribution in [3.8, 4) is 0 Å². The van der Waals surface area contributed by atoms with Crippen LogP contribution in [0.5, 0.6) is 0 Å². The number of hydrogen-bond donors (Lipinski definition) is 1. The first-order valence-electron chi connectivity index (χ1n) is 9.00. The minimum atomic E-state index is -3.66. The number of aromatic nitrogens is 2. The Balaban J connectivity index is 1.84. The lowest BCUT2D eigenvalue weighted by atomic mass is 10.1. The lowest BCUT2D eigenvalue weighted by Gasteiger charge is -2.21. The van der Waals surface area contributed by atoms with Crippen molar-refractivity contribution in [2.24, 2.45) is 0 Å². The third kappa shape index (κ3) is 6.24. The van der Waals surface area contributed by atoms with Gasteiger partial charge in [-0.1, -0.05) is 23.7 Å². The van der Waals surface area contributed by atoms with Gasteiger partial charge in [-0.25, -0.2) is 23.1 Å². The topological polar surface area (TPSA) is 92.3 Å². The van der Waals surface area contributed by atoms with Gasteiger partial charge in [0.05, 0.1) is 23.5 Å². The Morgan fingerprint density at radius 1 is 1.20 bits per heavy atom. The summed E-state index contributed by atoms with van der Waals surface area (Å²) < 4.78 is 24.8. The first kappa shape index (κ1) is 22.7. The molecule has 2 heterocycles. The molecule has 160 valence electrons. The molecule has 0 radical (unpaired) electrons. The van der Waals surface area contributed by atoms with Gasteiger partial charge >= 0.3 is 0 Å². The van der Waals surface area contributed by atoms with Gasteiger partial charge in [-0.3, -0.25) is 4.79 Å². The van der Waals surface area contributed by atoms with E-state index in [1.54, 1.807) is 18.3 Å². The molecule has 0 spiro atoms. The van der Waals surface area contributed by atoms with Gasteiger partial charge in [0.2, 0.25) is 10.0 Å². The van der Waals surface area contributed by atoms with E-state index in [0.717, 1.165) is 28.9 Å². The number of amides is 1. The predicted octanol–water partition coefficient (Wildman–Crippen LogP) is 3.81. The van der Waals surface area contributed by atoms with Crippen molar-refractivity contribution in [1.29, 1.82) is 0 Å². The average Bonchev–Trinajstić information content (AvgIpc) is 3.24. The smallest absolute Gasteiger partial charge is 0.284 e. The highest BCUT2D eigenvalue weighted by Gasteiger charge is 2.22. The number of nitrogens with zero attached hydrogens (tertiary/aromatic N) is 3. The van der Waals surface area contributed by atoms with Gasteiger partial charge in [0, 0.05) is 21.8 Å². The van der Waals surface area contributed by atoms with Gasteiger partial charge in [0.15, 0.2) is 5.13 Å². The Bertz CT molecular complexity index is 1140. The quantitative estimate of drug-likeness (QED) is 0.522. The first-order valence-corrected chi connectivity index (χ1v) is 13.0. The van der Waals surface area contributed by atoms with Gasteiger partial charge in [-0.15, -0.1) is 22.7 Å². The number of sulfonamides is 1. The Morgan fingerprint density at radius 3 is 2.50 bits per heavy atom. The number of halogens is 1. The first-order chi connectivity index (χ1) is 14.1. The van der Waals surface area contributed by atoms with Crippen molar-refractivity contribution in [2.75, 3.05) is 17.7 Å². The van der Waals surface area contributed by atoms with E-state index < -0.39 is 15.9 Å². The number of carbonyl (C=O) groups is 1. The van der Waals surface area contributed by atoms with E-state index in [4.69, 9.17) is 11.6 Å². The molecule has 0 aliphatic heterocycles. The number of nitrogens with one attached hydrogen (secondary N) is 1. The summed E-state index contributed by atoms with van der Waals surface area (Å²) in [5.74, 6) is -0.723. The van der Waals surface area contributed by atoms with Crippen LogP contribution in [0.2, 0.25) is 5.02 Å². The van der Waals surface area contributed by atoms with Crippen molar-refractivity contribution in [2.45, 2.75) is 26.8 Å². The second-order valence-corrected chi connectivity index (χ2v) is 11.2. The third-order valence-electron chi connectivity index (χ3n) is 4.15. The molecule has 0 saturated heterocycles. The molecule has 1 aromatic carbocycles. The molecule has 3 aromatic rings. The van der Waals surface area contributed by atoms with Crippen LogP contribution < -0.4 is 9.62 Å². The van der Waals surface area contributed by atoms with Crippen LogP contribution in [-0.2, 0) is 23.0 Å². The van der Waals surface area contributed by atoms with Crippen LogP contribution in [0.3, 0.4) is 0 Å². The average molecular weight is 485 g/mol. The molecule has 0 aliphatic rings. The van der Waals surface area contributed by atoms with Crippen LogP contribution in [0.25, 0.3) is 0 Å². The Labute approximate surface area is 188 Å². The molecule has 3 rings (SSSR count).